The highest BCUT2D eigenvalue weighted by atomic mass is 16.5. The van der Waals surface area contributed by atoms with Crippen LogP contribution in [-0.4, -0.2) is 60.4 Å². The molecular weight excluding hydrogens is 809 g/mol. The number of rotatable bonds is 14. The van der Waals surface area contributed by atoms with E-state index in [0.29, 0.717) is 59.8 Å². The van der Waals surface area contributed by atoms with Gasteiger partial charge in [0.25, 0.3) is 0 Å². The Morgan fingerprint density at radius 1 is 0.438 bits per heavy atom. The predicted molar refractivity (Wildman–Crippen MR) is 258 cm³/mol. The average Bonchev–Trinajstić information content (AvgIpc) is 3.18. The topological polar surface area (TPSA) is 152 Å². The van der Waals surface area contributed by atoms with Gasteiger partial charge in [0.2, 0.25) is 0 Å². The van der Waals surface area contributed by atoms with E-state index >= 15 is 0 Å². The largest absolute Gasteiger partial charge is 0.508 e. The van der Waals surface area contributed by atoms with Crippen molar-refractivity contribution in [2.24, 2.45) is 0 Å². The maximum Gasteiger partial charge on any atom is 0.178 e. The van der Waals surface area contributed by atoms with Crippen LogP contribution < -0.4 is 18.9 Å². The number of hydrogen-bond acceptors (Lipinski definition) is 10. The Kier molecular flexibility index (Phi) is 17.4. The molecule has 0 bridgehead atoms. The Morgan fingerprint density at radius 3 is 0.969 bits per heavy atom. The van der Waals surface area contributed by atoms with Crippen molar-refractivity contribution < 1.29 is 49.0 Å². The molecule has 10 heteroatoms. The van der Waals surface area contributed by atoms with Crippen LogP contribution >= 0.6 is 0 Å². The Bertz CT molecular complexity index is 2180. The SMILES string of the molecule is COc1cc(C(C)(C)C)c(O)cc1/C=C/C(=O)/C=C/c1cc(O)c(C(C)(C)C)cc1OC.COc1cc(C(C)(C)C)c(O)cc1CCC(=O)CCc1cc(O)c(C(C)(C)C)cc1OC. The minimum absolute atomic E-state index is 0.105. The van der Waals surface area contributed by atoms with Crippen LogP contribution in [0.2, 0.25) is 0 Å². The molecule has 0 atom stereocenters. The highest BCUT2D eigenvalue weighted by molar-refractivity contribution is 6.04. The van der Waals surface area contributed by atoms with E-state index in [4.69, 9.17) is 18.9 Å². The van der Waals surface area contributed by atoms with Gasteiger partial charge in [0, 0.05) is 46.2 Å². The minimum Gasteiger partial charge on any atom is -0.508 e. The van der Waals surface area contributed by atoms with E-state index in [-0.39, 0.29) is 56.2 Å². The normalized spacial score (nSPS) is 12.2. The highest BCUT2D eigenvalue weighted by Gasteiger charge is 2.24. The molecule has 0 unspecified atom stereocenters. The average molecular weight is 881 g/mol. The standard InChI is InChI=1S/C27H38O5.C27H34O5/c2*1-26(2,3)20-15-24(31-7)17(13-22(20)29)9-11-19(28)12-10-18-14-23(30)21(27(4,5)6)16-25(18)32-8/h13-16,29-30H,9-12H2,1-8H3;9-16,29-30H,1-8H3/b;11-9+,12-10+. The van der Waals surface area contributed by atoms with Gasteiger partial charge in [-0.1, -0.05) is 83.1 Å². The van der Waals surface area contributed by atoms with Crippen molar-refractivity contribution in [1.82, 2.24) is 0 Å². The zero-order valence-corrected chi connectivity index (χ0v) is 41.0. The summed E-state index contributed by atoms with van der Waals surface area (Å²) in [5, 5.41) is 41.7. The molecule has 0 radical (unpaired) electrons. The molecule has 0 spiro atoms. The molecule has 0 heterocycles. The summed E-state index contributed by atoms with van der Waals surface area (Å²) in [4.78, 5) is 25.0. The third-order valence-corrected chi connectivity index (χ3v) is 10.9. The van der Waals surface area contributed by atoms with Crippen LogP contribution in [0.5, 0.6) is 46.0 Å². The molecule has 0 saturated carbocycles. The molecule has 64 heavy (non-hydrogen) atoms. The van der Waals surface area contributed by atoms with Crippen molar-refractivity contribution in [3.05, 3.63) is 105 Å². The molecule has 0 amide bonds. The van der Waals surface area contributed by atoms with Crippen LogP contribution in [-0.2, 0) is 44.1 Å². The Hall–Kier alpha value is -5.90. The molecule has 10 nitrogen and oxygen atoms in total. The maximum atomic E-state index is 12.6. The van der Waals surface area contributed by atoms with Crippen molar-refractivity contribution in [1.29, 1.82) is 0 Å². The molecule has 348 valence electrons. The van der Waals surface area contributed by atoms with Crippen molar-refractivity contribution >= 4 is 23.7 Å². The number of phenolic OH excluding ortho intramolecular Hbond substituents is 4. The quantitative estimate of drug-likeness (QED) is 0.0901. The van der Waals surface area contributed by atoms with Crippen LogP contribution in [0.15, 0.2) is 60.7 Å². The lowest BCUT2D eigenvalue weighted by Gasteiger charge is -2.22. The van der Waals surface area contributed by atoms with Crippen molar-refractivity contribution in [2.75, 3.05) is 28.4 Å². The van der Waals surface area contributed by atoms with Crippen LogP contribution in [0.25, 0.3) is 12.2 Å². The monoisotopic (exact) mass is 881 g/mol. The van der Waals surface area contributed by atoms with Crippen molar-refractivity contribution in [2.45, 2.75) is 130 Å². The number of ketones is 2. The van der Waals surface area contributed by atoms with Crippen LogP contribution in [0.4, 0.5) is 0 Å². The second-order valence-corrected chi connectivity index (χ2v) is 20.2. The molecule has 4 aromatic rings. The molecule has 4 N–H and O–H groups in total. The minimum atomic E-state index is -0.257. The first-order chi connectivity index (χ1) is 29.5. The first-order valence-electron chi connectivity index (χ1n) is 21.6. The van der Waals surface area contributed by atoms with E-state index in [1.165, 1.54) is 12.2 Å². The molecule has 0 fully saturated rings. The Labute approximate surface area is 381 Å². The Morgan fingerprint density at radius 2 is 0.703 bits per heavy atom. The van der Waals surface area contributed by atoms with Crippen LogP contribution in [0.3, 0.4) is 0 Å². The summed E-state index contributed by atoms with van der Waals surface area (Å²) < 4.78 is 21.9. The van der Waals surface area contributed by atoms with Gasteiger partial charge < -0.3 is 39.4 Å². The predicted octanol–water partition coefficient (Wildman–Crippen LogP) is 11.9. The Balaban J connectivity index is 0.000000340. The van der Waals surface area contributed by atoms with E-state index in [1.54, 1.807) is 77.0 Å². The summed E-state index contributed by atoms with van der Waals surface area (Å²) in [5.41, 5.74) is 5.09. The fourth-order valence-corrected chi connectivity index (χ4v) is 7.25. The van der Waals surface area contributed by atoms with Gasteiger partial charge in [0.15, 0.2) is 5.78 Å². The number of ether oxygens (including phenoxy) is 4. The smallest absolute Gasteiger partial charge is 0.178 e. The number of carbonyl (C=O) groups is 2. The number of phenols is 4. The van der Waals surface area contributed by atoms with Gasteiger partial charge in [0.05, 0.1) is 28.4 Å². The van der Waals surface area contributed by atoms with E-state index in [9.17, 15) is 30.0 Å². The zero-order valence-electron chi connectivity index (χ0n) is 41.0. The summed E-state index contributed by atoms with van der Waals surface area (Å²) in [6.07, 6.45) is 7.69. The third-order valence-electron chi connectivity index (χ3n) is 10.9. The lowest BCUT2D eigenvalue weighted by Crippen LogP contribution is -2.13. The van der Waals surface area contributed by atoms with E-state index < -0.39 is 0 Å². The second kappa shape index (κ2) is 21.2. The molecule has 0 aromatic heterocycles. The molecule has 0 saturated heterocycles. The third kappa shape index (κ3) is 14.1. The molecule has 0 aliphatic carbocycles. The van der Waals surface area contributed by atoms with Crippen molar-refractivity contribution in [3.63, 3.8) is 0 Å². The van der Waals surface area contributed by atoms with Gasteiger partial charge in [-0.05, 0) is 118 Å². The zero-order chi connectivity index (χ0) is 48.5. The van der Waals surface area contributed by atoms with Crippen molar-refractivity contribution in [3.8, 4) is 46.0 Å². The van der Waals surface area contributed by atoms with Gasteiger partial charge >= 0.3 is 0 Å². The summed E-state index contributed by atoms with van der Waals surface area (Å²) in [7, 11) is 6.31. The number of aromatic hydroxyl groups is 4. The number of benzene rings is 4. The molecule has 4 aromatic carbocycles. The summed E-state index contributed by atoms with van der Waals surface area (Å²) >= 11 is 0. The van der Waals surface area contributed by atoms with Gasteiger partial charge in [-0.15, -0.1) is 0 Å². The maximum absolute atomic E-state index is 12.6. The molecular formula is C54H72O10. The number of carbonyl (C=O) groups excluding carboxylic acids is 2. The van der Waals surface area contributed by atoms with Crippen LogP contribution in [0, 0.1) is 0 Å². The van der Waals surface area contributed by atoms with E-state index in [2.05, 4.69) is 0 Å². The first kappa shape index (κ1) is 52.4. The fraction of sp³-hybridized carbons (Fsp3) is 0.444. The summed E-state index contributed by atoms with van der Waals surface area (Å²) in [6, 6.07) is 13.9. The second-order valence-electron chi connectivity index (χ2n) is 20.2. The lowest BCUT2D eigenvalue weighted by atomic mass is 9.85. The summed E-state index contributed by atoms with van der Waals surface area (Å²) in [6.45, 7) is 24.2. The molecule has 0 aliphatic heterocycles. The number of Topliss-reactive ketones (excluding diaryl/α,β-unsaturated/α-hetero) is 1. The number of allylic oxidation sites excluding steroid dienone is 2. The number of methoxy groups -OCH3 is 4. The molecule has 0 aliphatic rings. The van der Waals surface area contributed by atoms with Gasteiger partial charge in [0.1, 0.15) is 51.8 Å². The molecule has 4 rings (SSSR count). The van der Waals surface area contributed by atoms with E-state index in [1.807, 2.05) is 95.2 Å². The summed E-state index contributed by atoms with van der Waals surface area (Å²) in [5.74, 6) is 3.12. The van der Waals surface area contributed by atoms with E-state index in [0.717, 1.165) is 33.4 Å². The number of aryl methyl sites for hydroxylation is 2. The first-order valence-corrected chi connectivity index (χ1v) is 21.6. The number of hydrogen-bond donors (Lipinski definition) is 4. The lowest BCUT2D eigenvalue weighted by molar-refractivity contribution is -0.119. The van der Waals surface area contributed by atoms with Crippen LogP contribution in [0.1, 0.15) is 140 Å². The van der Waals surface area contributed by atoms with Gasteiger partial charge in [-0.3, -0.25) is 9.59 Å². The highest BCUT2D eigenvalue weighted by Crippen LogP contribution is 2.40. The van der Waals surface area contributed by atoms with Gasteiger partial charge in [-0.2, -0.15) is 0 Å². The van der Waals surface area contributed by atoms with Gasteiger partial charge in [-0.25, -0.2) is 0 Å². The fourth-order valence-electron chi connectivity index (χ4n) is 7.25.